The molecule has 0 saturated heterocycles. The summed E-state index contributed by atoms with van der Waals surface area (Å²) in [6, 6.07) is 14.8. The van der Waals surface area contributed by atoms with Gasteiger partial charge in [0.15, 0.2) is 24.3 Å². The van der Waals surface area contributed by atoms with Crippen molar-refractivity contribution in [2.75, 3.05) is 13.3 Å². The molecule has 0 unspecified atom stereocenters. The molecule has 2 aromatic carbocycles. The lowest BCUT2D eigenvalue weighted by Gasteiger charge is -2.13. The maximum Gasteiger partial charge on any atom is 0.231 e. The average molecular weight is 266 g/mol. The molecule has 0 atom stereocenters. The highest BCUT2D eigenvalue weighted by molar-refractivity contribution is 5.80. The molecule has 0 saturated carbocycles. The molecule has 100 valence electrons. The van der Waals surface area contributed by atoms with Crippen LogP contribution in [0.2, 0.25) is 0 Å². The summed E-state index contributed by atoms with van der Waals surface area (Å²) < 4.78 is 13.3. The molecule has 0 aromatic heterocycles. The number of benzene rings is 2. The van der Waals surface area contributed by atoms with Crippen molar-refractivity contribution in [1.82, 2.24) is 0 Å². The van der Waals surface area contributed by atoms with Crippen LogP contribution in [0, 0.1) is 0 Å². The fourth-order valence-corrected chi connectivity index (χ4v) is 2.80. The number of nitrogens with zero attached hydrogens (tertiary/aromatic N) is 1. The highest BCUT2D eigenvalue weighted by Gasteiger charge is 2.22. The van der Waals surface area contributed by atoms with Crippen LogP contribution in [-0.4, -0.2) is 24.1 Å². The van der Waals surface area contributed by atoms with Crippen LogP contribution in [0.25, 0.3) is 0 Å². The lowest BCUT2D eigenvalue weighted by Crippen LogP contribution is -2.22. The summed E-state index contributed by atoms with van der Waals surface area (Å²) in [6.45, 7) is 2.34. The maximum absolute atomic E-state index is 5.46. The lowest BCUT2D eigenvalue weighted by molar-refractivity contribution is -0.540. The van der Waals surface area contributed by atoms with Gasteiger partial charge >= 0.3 is 0 Å². The third-order valence-corrected chi connectivity index (χ3v) is 3.85. The predicted octanol–water partition coefficient (Wildman–Crippen LogP) is 2.60. The van der Waals surface area contributed by atoms with Crippen molar-refractivity contribution < 1.29 is 14.0 Å². The lowest BCUT2D eigenvalue weighted by atomic mass is 10.0. The fraction of sp³-hybridized carbons (Fsp3) is 0.235. The van der Waals surface area contributed by atoms with Crippen LogP contribution < -0.4 is 9.47 Å². The molecule has 0 amide bonds. The van der Waals surface area contributed by atoms with Crippen LogP contribution in [0.15, 0.2) is 42.5 Å². The van der Waals surface area contributed by atoms with E-state index in [-0.39, 0.29) is 0 Å². The quantitative estimate of drug-likeness (QED) is 0.779. The molecule has 2 aliphatic rings. The highest BCUT2D eigenvalue weighted by Crippen LogP contribution is 2.35. The minimum atomic E-state index is 0.339. The molecule has 2 heterocycles. The zero-order chi connectivity index (χ0) is 13.4. The Hall–Kier alpha value is -2.29. The average Bonchev–Trinajstić information content (AvgIpc) is 2.93. The Morgan fingerprint density at radius 3 is 2.65 bits per heavy atom. The van der Waals surface area contributed by atoms with Crippen molar-refractivity contribution in [1.29, 1.82) is 0 Å². The molecule has 3 heteroatoms. The Kier molecular flexibility index (Phi) is 2.69. The second kappa shape index (κ2) is 4.67. The van der Waals surface area contributed by atoms with E-state index in [4.69, 9.17) is 9.47 Å². The van der Waals surface area contributed by atoms with Gasteiger partial charge in [-0.25, -0.2) is 4.58 Å². The summed E-state index contributed by atoms with van der Waals surface area (Å²) in [5.41, 5.74) is 3.93. The highest BCUT2D eigenvalue weighted by atomic mass is 16.7. The fourth-order valence-electron chi connectivity index (χ4n) is 2.80. The molecule has 4 rings (SSSR count). The summed E-state index contributed by atoms with van der Waals surface area (Å²) in [6.07, 6.45) is 3.28. The maximum atomic E-state index is 5.46. The predicted molar refractivity (Wildman–Crippen MR) is 76.7 cm³/mol. The van der Waals surface area contributed by atoms with Gasteiger partial charge in [-0.1, -0.05) is 30.3 Å². The molecular weight excluding hydrogens is 250 g/mol. The van der Waals surface area contributed by atoms with E-state index < -0.39 is 0 Å². The van der Waals surface area contributed by atoms with E-state index in [2.05, 4.69) is 53.3 Å². The first-order valence-corrected chi connectivity index (χ1v) is 6.94. The molecule has 0 N–H and O–H groups in total. The SMILES string of the molecule is C1=[N+](Cc2ccccc2)CCc2cc3c(cc21)OCO3. The first-order chi connectivity index (χ1) is 9.88. The van der Waals surface area contributed by atoms with Crippen molar-refractivity contribution in [2.45, 2.75) is 13.0 Å². The van der Waals surface area contributed by atoms with Crippen LogP contribution in [0.1, 0.15) is 16.7 Å². The van der Waals surface area contributed by atoms with Gasteiger partial charge in [-0.2, -0.15) is 0 Å². The second-order valence-electron chi connectivity index (χ2n) is 5.24. The molecule has 0 aliphatic carbocycles. The molecule has 3 nitrogen and oxygen atoms in total. The largest absolute Gasteiger partial charge is 0.454 e. The minimum Gasteiger partial charge on any atom is -0.454 e. The van der Waals surface area contributed by atoms with Crippen LogP contribution >= 0.6 is 0 Å². The van der Waals surface area contributed by atoms with E-state index in [1.54, 1.807) is 0 Å². The molecular formula is C17H16NO2+. The first kappa shape index (κ1) is 11.5. The van der Waals surface area contributed by atoms with Crippen LogP contribution in [0.4, 0.5) is 0 Å². The molecule has 2 aromatic rings. The van der Waals surface area contributed by atoms with Gasteiger partial charge in [-0.15, -0.1) is 0 Å². The summed E-state index contributed by atoms with van der Waals surface area (Å²) >= 11 is 0. The third-order valence-electron chi connectivity index (χ3n) is 3.85. The zero-order valence-electron chi connectivity index (χ0n) is 11.2. The van der Waals surface area contributed by atoms with Gasteiger partial charge in [0.25, 0.3) is 0 Å². The van der Waals surface area contributed by atoms with E-state index in [1.165, 1.54) is 16.7 Å². The van der Waals surface area contributed by atoms with E-state index in [0.29, 0.717) is 6.79 Å². The molecule has 0 radical (unpaired) electrons. The van der Waals surface area contributed by atoms with Crippen LogP contribution in [0.3, 0.4) is 0 Å². The number of hydrogen-bond acceptors (Lipinski definition) is 2. The number of ether oxygens (including phenoxy) is 2. The second-order valence-corrected chi connectivity index (χ2v) is 5.24. The normalized spacial score (nSPS) is 15.7. The smallest absolute Gasteiger partial charge is 0.231 e. The van der Waals surface area contributed by atoms with E-state index in [9.17, 15) is 0 Å². The van der Waals surface area contributed by atoms with Gasteiger partial charge in [0.05, 0.1) is 0 Å². The summed E-state index contributed by atoms with van der Waals surface area (Å²) in [4.78, 5) is 0. The number of hydrogen-bond donors (Lipinski definition) is 0. The van der Waals surface area contributed by atoms with E-state index >= 15 is 0 Å². The standard InChI is InChI=1S/C17H16NO2/c1-2-4-13(5-3-1)10-18-7-6-14-8-16-17(20-12-19-16)9-15(14)11-18/h1-5,8-9,11H,6-7,10,12H2/q+1. The summed E-state index contributed by atoms with van der Waals surface area (Å²) in [5.74, 6) is 1.75. The third kappa shape index (κ3) is 2.05. The number of fused-ring (bicyclic) bond motifs is 2. The topological polar surface area (TPSA) is 21.5 Å². The van der Waals surface area contributed by atoms with Gasteiger partial charge in [-0.05, 0) is 17.7 Å². The van der Waals surface area contributed by atoms with E-state index in [0.717, 1.165) is 31.0 Å². The zero-order valence-corrected chi connectivity index (χ0v) is 11.2. The number of rotatable bonds is 2. The molecule has 0 spiro atoms. The van der Waals surface area contributed by atoms with Crippen molar-refractivity contribution >= 4 is 6.21 Å². The summed E-state index contributed by atoms with van der Waals surface area (Å²) in [7, 11) is 0. The van der Waals surface area contributed by atoms with Crippen LogP contribution in [-0.2, 0) is 13.0 Å². The Labute approximate surface area is 118 Å². The molecule has 20 heavy (non-hydrogen) atoms. The van der Waals surface area contributed by atoms with Crippen LogP contribution in [0.5, 0.6) is 11.5 Å². The monoisotopic (exact) mass is 266 g/mol. The molecule has 0 bridgehead atoms. The summed E-state index contributed by atoms with van der Waals surface area (Å²) in [5, 5.41) is 0. The van der Waals surface area contributed by atoms with Gasteiger partial charge in [-0.3, -0.25) is 0 Å². The Bertz CT molecular complexity index is 677. The molecule has 0 fully saturated rings. The van der Waals surface area contributed by atoms with Gasteiger partial charge < -0.3 is 9.47 Å². The minimum absolute atomic E-state index is 0.339. The van der Waals surface area contributed by atoms with Gasteiger partial charge in [0, 0.05) is 17.5 Å². The Balaban J connectivity index is 1.65. The van der Waals surface area contributed by atoms with Crippen molar-refractivity contribution in [3.8, 4) is 11.5 Å². The Morgan fingerprint density at radius 2 is 1.80 bits per heavy atom. The van der Waals surface area contributed by atoms with Crippen molar-refractivity contribution in [2.24, 2.45) is 0 Å². The van der Waals surface area contributed by atoms with Crippen molar-refractivity contribution in [3.63, 3.8) is 0 Å². The Morgan fingerprint density at radius 1 is 1.00 bits per heavy atom. The van der Waals surface area contributed by atoms with Gasteiger partial charge in [0.1, 0.15) is 6.54 Å². The first-order valence-electron chi connectivity index (χ1n) is 6.94. The molecule has 2 aliphatic heterocycles. The van der Waals surface area contributed by atoms with Gasteiger partial charge in [0.2, 0.25) is 6.79 Å². The van der Waals surface area contributed by atoms with E-state index in [1.807, 2.05) is 0 Å². The van der Waals surface area contributed by atoms with Crippen molar-refractivity contribution in [3.05, 3.63) is 59.2 Å².